The van der Waals surface area contributed by atoms with E-state index in [9.17, 15) is 0 Å². The highest BCUT2D eigenvalue weighted by Gasteiger charge is 2.17. The minimum Gasteiger partial charge on any atom is -0.256 e. The molecule has 0 radical (unpaired) electrons. The summed E-state index contributed by atoms with van der Waals surface area (Å²) in [6.07, 6.45) is 4.17. The molecular weight excluding hydrogens is 198 g/mol. The summed E-state index contributed by atoms with van der Waals surface area (Å²) < 4.78 is 0. The molecule has 1 heterocycles. The predicted octanol–water partition coefficient (Wildman–Crippen LogP) is 3.36. The quantitative estimate of drug-likeness (QED) is 0.695. The largest absolute Gasteiger partial charge is 0.256 e. The maximum atomic E-state index is 4.58. The monoisotopic (exact) mass is 219 g/mol. The molecule has 1 aromatic heterocycles. The van der Waals surface area contributed by atoms with Gasteiger partial charge in [-0.25, -0.2) is 0 Å². The molecule has 0 aromatic carbocycles. The fraction of sp³-hybridized carbons (Fsp3) is 0.462. The maximum absolute atomic E-state index is 4.58. The maximum Gasteiger partial charge on any atom is 0.0796 e. The highest BCUT2D eigenvalue weighted by Crippen LogP contribution is 2.15. The number of aromatic nitrogens is 1. The molecule has 1 aromatic rings. The topological polar surface area (TPSA) is 12.9 Å². The molecule has 2 heteroatoms. The molecule has 0 bridgehead atoms. The van der Waals surface area contributed by atoms with Gasteiger partial charge >= 0.3 is 0 Å². The summed E-state index contributed by atoms with van der Waals surface area (Å²) in [6.45, 7) is 13.4. The van der Waals surface area contributed by atoms with Crippen molar-refractivity contribution in [1.29, 1.82) is 0 Å². The van der Waals surface area contributed by atoms with Crippen LogP contribution < -0.4 is 5.19 Å². The fourth-order valence-corrected chi connectivity index (χ4v) is 2.64. The number of hydrogen-bond donors (Lipinski definition) is 0. The first-order valence-electron chi connectivity index (χ1n) is 5.46. The van der Waals surface area contributed by atoms with E-state index in [2.05, 4.69) is 63.7 Å². The van der Waals surface area contributed by atoms with Crippen LogP contribution in [0.4, 0.5) is 0 Å². The Kier molecular flexibility index (Phi) is 3.50. The van der Waals surface area contributed by atoms with Gasteiger partial charge in [-0.3, -0.25) is 4.98 Å². The van der Waals surface area contributed by atoms with E-state index in [4.69, 9.17) is 0 Å². The Bertz CT molecular complexity index is 386. The summed E-state index contributed by atoms with van der Waals surface area (Å²) in [4.78, 5) is 4.58. The molecule has 0 N–H and O–H groups in total. The lowest BCUT2D eigenvalue weighted by Crippen LogP contribution is -2.38. The van der Waals surface area contributed by atoms with Gasteiger partial charge in [0.1, 0.15) is 0 Å². The Morgan fingerprint density at radius 1 is 1.33 bits per heavy atom. The van der Waals surface area contributed by atoms with E-state index in [0.717, 1.165) is 5.69 Å². The van der Waals surface area contributed by atoms with Crippen LogP contribution >= 0.6 is 0 Å². The smallest absolute Gasteiger partial charge is 0.0796 e. The molecule has 0 saturated heterocycles. The molecule has 0 spiro atoms. The SMILES string of the molecule is C/C=C(\C)c1ncc([Si](C)(C)C)cc1C. The Labute approximate surface area is 94.3 Å². The third-order valence-electron chi connectivity index (χ3n) is 2.75. The van der Waals surface area contributed by atoms with Crippen LogP contribution in [0, 0.1) is 6.92 Å². The van der Waals surface area contributed by atoms with Crippen LogP contribution in [0.3, 0.4) is 0 Å². The van der Waals surface area contributed by atoms with Crippen molar-refractivity contribution in [3.05, 3.63) is 29.6 Å². The molecular formula is C13H21NSi. The Hall–Kier alpha value is -0.893. The van der Waals surface area contributed by atoms with E-state index in [1.807, 2.05) is 0 Å². The minimum absolute atomic E-state index is 1.14. The summed E-state index contributed by atoms with van der Waals surface area (Å²) >= 11 is 0. The molecule has 0 aliphatic carbocycles. The third kappa shape index (κ3) is 2.78. The summed E-state index contributed by atoms with van der Waals surface area (Å²) in [5.74, 6) is 0. The summed E-state index contributed by atoms with van der Waals surface area (Å²) in [7, 11) is -1.21. The lowest BCUT2D eigenvalue weighted by molar-refractivity contribution is 1.22. The molecule has 1 rings (SSSR count). The van der Waals surface area contributed by atoms with E-state index >= 15 is 0 Å². The first-order valence-corrected chi connectivity index (χ1v) is 8.96. The van der Waals surface area contributed by atoms with Crippen LogP contribution in [0.15, 0.2) is 18.3 Å². The average Bonchev–Trinajstić information content (AvgIpc) is 2.15. The van der Waals surface area contributed by atoms with Gasteiger partial charge in [-0.05, 0) is 37.1 Å². The number of rotatable bonds is 2. The van der Waals surface area contributed by atoms with Crippen molar-refractivity contribution in [2.24, 2.45) is 0 Å². The minimum atomic E-state index is -1.21. The van der Waals surface area contributed by atoms with Crippen molar-refractivity contribution in [2.45, 2.75) is 40.4 Å². The zero-order chi connectivity index (χ0) is 11.6. The van der Waals surface area contributed by atoms with Crippen molar-refractivity contribution in [1.82, 2.24) is 4.98 Å². The molecule has 0 aliphatic heterocycles. The second-order valence-electron chi connectivity index (χ2n) is 5.11. The molecule has 0 amide bonds. The first kappa shape index (κ1) is 12.2. The van der Waals surface area contributed by atoms with Crippen molar-refractivity contribution in [3.8, 4) is 0 Å². The number of hydrogen-bond acceptors (Lipinski definition) is 1. The van der Waals surface area contributed by atoms with E-state index in [1.54, 1.807) is 0 Å². The zero-order valence-corrected chi connectivity index (χ0v) is 11.7. The predicted molar refractivity (Wildman–Crippen MR) is 71.3 cm³/mol. The highest BCUT2D eigenvalue weighted by molar-refractivity contribution is 6.88. The average molecular weight is 219 g/mol. The van der Waals surface area contributed by atoms with Gasteiger partial charge in [0.05, 0.1) is 13.8 Å². The van der Waals surface area contributed by atoms with Crippen LogP contribution in [-0.2, 0) is 0 Å². The molecule has 0 fully saturated rings. The van der Waals surface area contributed by atoms with E-state index in [0.29, 0.717) is 0 Å². The molecule has 0 aliphatic rings. The molecule has 0 unspecified atom stereocenters. The first-order chi connectivity index (χ1) is 6.86. The Morgan fingerprint density at radius 2 is 1.93 bits per heavy atom. The molecule has 0 saturated carbocycles. The van der Waals surface area contributed by atoms with Crippen molar-refractivity contribution in [2.75, 3.05) is 0 Å². The van der Waals surface area contributed by atoms with Crippen molar-refractivity contribution >= 4 is 18.8 Å². The van der Waals surface area contributed by atoms with Gasteiger partial charge in [-0.2, -0.15) is 0 Å². The highest BCUT2D eigenvalue weighted by atomic mass is 28.3. The van der Waals surface area contributed by atoms with Gasteiger partial charge in [0, 0.05) is 6.20 Å². The number of pyridine rings is 1. The van der Waals surface area contributed by atoms with Gasteiger partial charge in [0.2, 0.25) is 0 Å². The van der Waals surface area contributed by atoms with Gasteiger partial charge in [-0.1, -0.05) is 31.8 Å². The van der Waals surface area contributed by atoms with E-state index in [-0.39, 0.29) is 0 Å². The van der Waals surface area contributed by atoms with Crippen LogP contribution in [0.2, 0.25) is 19.6 Å². The molecule has 1 nitrogen and oxygen atoms in total. The zero-order valence-electron chi connectivity index (χ0n) is 10.7. The van der Waals surface area contributed by atoms with Gasteiger partial charge in [-0.15, -0.1) is 0 Å². The standard InChI is InChI=1S/C13H21NSi/c1-7-10(2)13-11(3)8-12(9-14-13)15(4,5)6/h7-9H,1-6H3/b10-7+. The van der Waals surface area contributed by atoms with E-state index < -0.39 is 8.07 Å². The van der Waals surface area contributed by atoms with Crippen molar-refractivity contribution < 1.29 is 0 Å². The normalized spacial score (nSPS) is 13.1. The lowest BCUT2D eigenvalue weighted by atomic mass is 10.1. The summed E-state index contributed by atoms with van der Waals surface area (Å²) in [5.41, 5.74) is 3.69. The van der Waals surface area contributed by atoms with Gasteiger partial charge < -0.3 is 0 Å². The van der Waals surface area contributed by atoms with Gasteiger partial charge in [0.25, 0.3) is 0 Å². The van der Waals surface area contributed by atoms with Gasteiger partial charge in [0.15, 0.2) is 0 Å². The number of aryl methyl sites for hydroxylation is 1. The van der Waals surface area contributed by atoms with E-state index in [1.165, 1.54) is 16.3 Å². The molecule has 15 heavy (non-hydrogen) atoms. The van der Waals surface area contributed by atoms with Crippen molar-refractivity contribution in [3.63, 3.8) is 0 Å². The lowest BCUT2D eigenvalue weighted by Gasteiger charge is -2.17. The van der Waals surface area contributed by atoms with Crippen LogP contribution in [0.5, 0.6) is 0 Å². The number of allylic oxidation sites excluding steroid dienone is 2. The fourth-order valence-electron chi connectivity index (χ4n) is 1.53. The Morgan fingerprint density at radius 3 is 2.33 bits per heavy atom. The summed E-state index contributed by atoms with van der Waals surface area (Å²) in [5, 5.41) is 1.44. The molecule has 0 atom stereocenters. The molecule has 82 valence electrons. The van der Waals surface area contributed by atoms with Crippen LogP contribution in [0.1, 0.15) is 25.1 Å². The second-order valence-corrected chi connectivity index (χ2v) is 10.2. The number of nitrogens with zero attached hydrogens (tertiary/aromatic N) is 1. The third-order valence-corrected chi connectivity index (χ3v) is 4.76. The van der Waals surface area contributed by atoms with Crippen LogP contribution in [0.25, 0.3) is 5.57 Å². The second kappa shape index (κ2) is 4.31. The van der Waals surface area contributed by atoms with Crippen LogP contribution in [-0.4, -0.2) is 13.1 Å². The summed E-state index contributed by atoms with van der Waals surface area (Å²) in [6, 6.07) is 2.31. The Balaban J connectivity index is 3.21.